The Balaban J connectivity index is 1.40. The minimum atomic E-state index is -0.373. The van der Waals surface area contributed by atoms with Crippen molar-refractivity contribution in [1.29, 1.82) is 0 Å². The number of hydrogen-bond acceptors (Lipinski definition) is 6. The lowest BCUT2D eigenvalue weighted by Crippen LogP contribution is -2.14. The quantitative estimate of drug-likeness (QED) is 0.205. The minimum Gasteiger partial charge on any atom is -0.450 e. The first-order valence-corrected chi connectivity index (χ1v) is 13.2. The molecule has 0 fully saturated rings. The number of thiophene rings is 1. The molecule has 33 heavy (non-hydrogen) atoms. The highest BCUT2D eigenvalue weighted by Gasteiger charge is 2.12. The Morgan fingerprint density at radius 1 is 1.03 bits per heavy atom. The van der Waals surface area contributed by atoms with Gasteiger partial charge in [0, 0.05) is 11.3 Å². The van der Waals surface area contributed by atoms with Gasteiger partial charge in [-0.3, -0.25) is 0 Å². The number of hydrogen-bond donors (Lipinski definition) is 0. The molecule has 5 nitrogen and oxygen atoms in total. The molecular weight excluding hydrogens is 434 g/mol. The molecule has 0 bridgehead atoms. The standard InChI is InChI=1S/C27H37NO4S/c1-3-4-5-6-7-8-9-13-16-23-19-24-25(33-23)28-27(32-26(24)29)30-18-17-21(2)31-20-22-14-11-10-12-15-22/h10-12,14-15,19,21H,3-9,13,16-18,20H2,1-2H3. The number of ether oxygens (including phenoxy) is 2. The van der Waals surface area contributed by atoms with Gasteiger partial charge < -0.3 is 13.9 Å². The number of fused-ring (bicyclic) bond motifs is 1. The molecule has 2 aromatic heterocycles. The average Bonchev–Trinajstić information content (AvgIpc) is 3.24. The summed E-state index contributed by atoms with van der Waals surface area (Å²) < 4.78 is 16.8. The van der Waals surface area contributed by atoms with Gasteiger partial charge >= 0.3 is 11.7 Å². The van der Waals surface area contributed by atoms with Crippen LogP contribution in [0.5, 0.6) is 6.08 Å². The molecule has 6 heteroatoms. The zero-order valence-electron chi connectivity index (χ0n) is 20.0. The van der Waals surface area contributed by atoms with Crippen LogP contribution >= 0.6 is 11.3 Å². The Hall–Kier alpha value is -2.18. The van der Waals surface area contributed by atoms with Crippen LogP contribution in [-0.4, -0.2) is 17.7 Å². The Kier molecular flexibility index (Phi) is 10.9. The molecule has 2 heterocycles. The highest BCUT2D eigenvalue weighted by Crippen LogP contribution is 2.25. The lowest BCUT2D eigenvalue weighted by atomic mass is 10.1. The van der Waals surface area contributed by atoms with Crippen molar-refractivity contribution >= 4 is 21.6 Å². The molecule has 1 atom stereocenters. The molecule has 0 N–H and O–H groups in total. The molecule has 0 radical (unpaired) electrons. The third-order valence-corrected chi connectivity index (χ3v) is 6.85. The second-order valence-electron chi connectivity index (χ2n) is 8.67. The highest BCUT2D eigenvalue weighted by molar-refractivity contribution is 7.18. The van der Waals surface area contributed by atoms with Crippen molar-refractivity contribution in [1.82, 2.24) is 4.98 Å². The van der Waals surface area contributed by atoms with Gasteiger partial charge in [-0.25, -0.2) is 4.79 Å². The van der Waals surface area contributed by atoms with E-state index in [9.17, 15) is 4.79 Å². The van der Waals surface area contributed by atoms with Crippen molar-refractivity contribution < 1.29 is 13.9 Å². The van der Waals surface area contributed by atoms with Crippen LogP contribution in [0.15, 0.2) is 45.6 Å². The summed E-state index contributed by atoms with van der Waals surface area (Å²) in [5.41, 5.74) is 0.769. The van der Waals surface area contributed by atoms with E-state index in [1.165, 1.54) is 49.8 Å². The van der Waals surface area contributed by atoms with Gasteiger partial charge in [0.1, 0.15) is 4.83 Å². The third-order valence-electron chi connectivity index (χ3n) is 5.76. The molecule has 1 aromatic carbocycles. The molecule has 0 saturated heterocycles. The SMILES string of the molecule is CCCCCCCCCCc1cc2c(=O)oc(OCCC(C)OCc3ccccc3)nc2s1. The van der Waals surface area contributed by atoms with E-state index in [1.54, 1.807) is 11.3 Å². The second-order valence-corrected chi connectivity index (χ2v) is 9.78. The summed E-state index contributed by atoms with van der Waals surface area (Å²) >= 11 is 1.57. The number of aryl methyl sites for hydroxylation is 1. The molecule has 0 aliphatic heterocycles. The summed E-state index contributed by atoms with van der Waals surface area (Å²) in [6.07, 6.45) is 12.1. The molecule has 0 amide bonds. The van der Waals surface area contributed by atoms with Gasteiger partial charge in [0.05, 0.1) is 24.7 Å². The molecule has 0 aliphatic carbocycles. The summed E-state index contributed by atoms with van der Waals surface area (Å²) in [4.78, 5) is 18.7. The van der Waals surface area contributed by atoms with Crippen LogP contribution < -0.4 is 10.4 Å². The van der Waals surface area contributed by atoms with E-state index >= 15 is 0 Å². The third kappa shape index (κ3) is 8.94. The highest BCUT2D eigenvalue weighted by atomic mass is 32.1. The van der Waals surface area contributed by atoms with Crippen molar-refractivity contribution in [2.24, 2.45) is 0 Å². The fraction of sp³-hybridized carbons (Fsp3) is 0.556. The molecule has 1 unspecified atom stereocenters. The number of rotatable bonds is 16. The van der Waals surface area contributed by atoms with Gasteiger partial charge in [-0.1, -0.05) is 82.2 Å². The smallest absolute Gasteiger partial charge is 0.397 e. The van der Waals surface area contributed by atoms with Gasteiger partial charge in [-0.2, -0.15) is 4.98 Å². The van der Waals surface area contributed by atoms with Crippen LogP contribution in [-0.2, 0) is 17.8 Å². The van der Waals surface area contributed by atoms with Gasteiger partial charge in [-0.05, 0) is 31.4 Å². The number of aromatic nitrogens is 1. The molecule has 0 spiro atoms. The normalized spacial score (nSPS) is 12.3. The molecule has 0 saturated carbocycles. The van der Waals surface area contributed by atoms with Gasteiger partial charge in [-0.15, -0.1) is 11.3 Å². The Morgan fingerprint density at radius 3 is 2.52 bits per heavy atom. The number of nitrogens with zero attached hydrogens (tertiary/aromatic N) is 1. The molecular formula is C27H37NO4S. The van der Waals surface area contributed by atoms with Crippen LogP contribution in [0.2, 0.25) is 0 Å². The monoisotopic (exact) mass is 471 g/mol. The zero-order valence-corrected chi connectivity index (χ0v) is 20.8. The summed E-state index contributed by atoms with van der Waals surface area (Å²) in [6.45, 7) is 5.21. The summed E-state index contributed by atoms with van der Waals surface area (Å²) in [7, 11) is 0. The van der Waals surface area contributed by atoms with Crippen molar-refractivity contribution in [2.75, 3.05) is 6.61 Å². The van der Waals surface area contributed by atoms with E-state index < -0.39 is 0 Å². The van der Waals surface area contributed by atoms with E-state index in [0.717, 1.165) is 18.4 Å². The maximum atomic E-state index is 12.4. The van der Waals surface area contributed by atoms with E-state index in [-0.39, 0.29) is 17.8 Å². The van der Waals surface area contributed by atoms with Crippen molar-refractivity contribution in [2.45, 2.75) is 90.8 Å². The van der Waals surface area contributed by atoms with Crippen LogP contribution in [0.25, 0.3) is 10.2 Å². The Morgan fingerprint density at radius 2 is 1.76 bits per heavy atom. The largest absolute Gasteiger partial charge is 0.450 e. The van der Waals surface area contributed by atoms with E-state index in [2.05, 4.69) is 11.9 Å². The van der Waals surface area contributed by atoms with Crippen LogP contribution in [0.3, 0.4) is 0 Å². The topological polar surface area (TPSA) is 61.6 Å². The van der Waals surface area contributed by atoms with E-state index in [0.29, 0.717) is 29.9 Å². The minimum absolute atomic E-state index is 0.0284. The predicted molar refractivity (Wildman–Crippen MR) is 135 cm³/mol. The average molecular weight is 472 g/mol. The van der Waals surface area contributed by atoms with Crippen molar-refractivity contribution in [3.05, 3.63) is 57.3 Å². The van der Waals surface area contributed by atoms with Gasteiger partial charge in [0.2, 0.25) is 0 Å². The van der Waals surface area contributed by atoms with Crippen molar-refractivity contribution in [3.63, 3.8) is 0 Å². The first kappa shape index (κ1) is 25.4. The fourth-order valence-corrected chi connectivity index (χ4v) is 4.77. The van der Waals surface area contributed by atoms with Crippen molar-refractivity contribution in [3.8, 4) is 6.08 Å². The molecule has 0 aliphatic rings. The molecule has 3 rings (SSSR count). The van der Waals surface area contributed by atoms with Crippen LogP contribution in [0, 0.1) is 0 Å². The predicted octanol–water partition coefficient (Wildman–Crippen LogP) is 7.31. The van der Waals surface area contributed by atoms with Crippen LogP contribution in [0.1, 0.15) is 82.1 Å². The zero-order chi connectivity index (χ0) is 23.3. The van der Waals surface area contributed by atoms with E-state index in [4.69, 9.17) is 13.9 Å². The van der Waals surface area contributed by atoms with E-state index in [1.807, 2.05) is 43.3 Å². The van der Waals surface area contributed by atoms with Gasteiger partial charge in [0.25, 0.3) is 0 Å². The van der Waals surface area contributed by atoms with Crippen LogP contribution in [0.4, 0.5) is 0 Å². The first-order valence-electron chi connectivity index (χ1n) is 12.4. The maximum absolute atomic E-state index is 12.4. The summed E-state index contributed by atoms with van der Waals surface area (Å²) in [5, 5.41) is 0.557. The summed E-state index contributed by atoms with van der Waals surface area (Å²) in [6, 6.07) is 12.0. The lowest BCUT2D eigenvalue weighted by Gasteiger charge is -2.13. The lowest BCUT2D eigenvalue weighted by molar-refractivity contribution is 0.0355. The van der Waals surface area contributed by atoms with Gasteiger partial charge in [0.15, 0.2) is 0 Å². The molecule has 3 aromatic rings. The maximum Gasteiger partial charge on any atom is 0.397 e. The number of unbranched alkanes of at least 4 members (excludes halogenated alkanes) is 7. The second kappa shape index (κ2) is 14.2. The fourth-order valence-electron chi connectivity index (χ4n) is 3.73. The Bertz CT molecular complexity index is 998. The Labute approximate surface area is 201 Å². The first-order chi connectivity index (χ1) is 16.2. The summed E-state index contributed by atoms with van der Waals surface area (Å²) in [5.74, 6) is 0. The number of benzene rings is 1. The molecule has 180 valence electrons.